The van der Waals surface area contributed by atoms with Crippen molar-refractivity contribution in [3.63, 3.8) is 0 Å². The van der Waals surface area contributed by atoms with Gasteiger partial charge in [0, 0.05) is 6.54 Å². The first kappa shape index (κ1) is 20.7. The lowest BCUT2D eigenvalue weighted by Gasteiger charge is -2.48. The Labute approximate surface area is 160 Å². The minimum absolute atomic E-state index is 0. The fourth-order valence-electron chi connectivity index (χ4n) is 5.20. The van der Waals surface area contributed by atoms with E-state index in [1.807, 2.05) is 0 Å². The zero-order valence-electron chi connectivity index (χ0n) is 16.3. The molecule has 0 N–H and O–H groups in total. The lowest BCUT2D eigenvalue weighted by Crippen LogP contribution is -2.43. The topological polar surface area (TPSA) is 12.5 Å². The van der Waals surface area contributed by atoms with Crippen LogP contribution in [0.1, 0.15) is 64.9 Å². The average Bonchev–Trinajstić information content (AvgIpc) is 2.55. The predicted molar refractivity (Wildman–Crippen MR) is 108 cm³/mol. The maximum Gasteiger partial charge on any atom is 0.0939 e. The second-order valence-electron chi connectivity index (χ2n) is 8.97. The van der Waals surface area contributed by atoms with Crippen molar-refractivity contribution in [2.75, 3.05) is 26.2 Å². The summed E-state index contributed by atoms with van der Waals surface area (Å²) in [6.07, 6.45) is 7.70. The third kappa shape index (κ3) is 5.45. The molecule has 3 heteroatoms. The summed E-state index contributed by atoms with van der Waals surface area (Å²) in [6.45, 7) is 11.7. The maximum atomic E-state index is 6.72. The van der Waals surface area contributed by atoms with Crippen molar-refractivity contribution in [3.8, 4) is 0 Å². The monoisotopic (exact) mass is 365 g/mol. The van der Waals surface area contributed by atoms with Crippen LogP contribution in [0.25, 0.3) is 0 Å². The van der Waals surface area contributed by atoms with Gasteiger partial charge in [0.15, 0.2) is 0 Å². The van der Waals surface area contributed by atoms with E-state index in [9.17, 15) is 0 Å². The number of piperidine rings is 1. The molecule has 0 amide bonds. The van der Waals surface area contributed by atoms with Crippen LogP contribution in [0.5, 0.6) is 0 Å². The van der Waals surface area contributed by atoms with E-state index in [1.165, 1.54) is 44.3 Å². The highest BCUT2D eigenvalue weighted by Gasteiger charge is 2.44. The van der Waals surface area contributed by atoms with Gasteiger partial charge in [0.05, 0.1) is 12.2 Å². The highest BCUT2D eigenvalue weighted by molar-refractivity contribution is 5.85. The lowest BCUT2D eigenvalue weighted by atomic mass is 9.63. The molecule has 1 saturated carbocycles. The van der Waals surface area contributed by atoms with Gasteiger partial charge in [0.25, 0.3) is 0 Å². The summed E-state index contributed by atoms with van der Waals surface area (Å²) in [7, 11) is 0. The largest absolute Gasteiger partial charge is 0.369 e. The van der Waals surface area contributed by atoms with Crippen LogP contribution in [0, 0.1) is 11.3 Å². The second kappa shape index (κ2) is 8.88. The highest BCUT2D eigenvalue weighted by Crippen LogP contribution is 2.50. The fraction of sp³-hybridized carbons (Fsp3) is 0.727. The number of rotatable bonds is 5. The summed E-state index contributed by atoms with van der Waals surface area (Å²) in [5, 5.41) is 0. The van der Waals surface area contributed by atoms with Crippen LogP contribution in [0.3, 0.4) is 0 Å². The molecule has 0 aromatic heterocycles. The molecule has 2 atom stereocenters. The van der Waals surface area contributed by atoms with Crippen molar-refractivity contribution >= 4 is 12.4 Å². The molecule has 1 aromatic rings. The van der Waals surface area contributed by atoms with Gasteiger partial charge in [-0.05, 0) is 62.1 Å². The molecule has 25 heavy (non-hydrogen) atoms. The first-order chi connectivity index (χ1) is 11.5. The third-order valence-corrected chi connectivity index (χ3v) is 5.88. The Bertz CT molecular complexity index is 512. The van der Waals surface area contributed by atoms with Gasteiger partial charge in [0.1, 0.15) is 0 Å². The first-order valence-corrected chi connectivity index (χ1v) is 9.91. The van der Waals surface area contributed by atoms with Crippen molar-refractivity contribution in [1.82, 2.24) is 4.90 Å². The number of ether oxygens (including phenoxy) is 1. The van der Waals surface area contributed by atoms with Crippen molar-refractivity contribution in [2.45, 2.75) is 64.9 Å². The van der Waals surface area contributed by atoms with E-state index in [-0.39, 0.29) is 18.0 Å². The fourth-order valence-corrected chi connectivity index (χ4v) is 5.20. The smallest absolute Gasteiger partial charge is 0.0939 e. The molecule has 0 spiro atoms. The van der Waals surface area contributed by atoms with Crippen LogP contribution in [0.4, 0.5) is 0 Å². The summed E-state index contributed by atoms with van der Waals surface area (Å²) in [4.78, 5) is 2.58. The highest BCUT2D eigenvalue weighted by atomic mass is 35.5. The Morgan fingerprint density at radius 1 is 1.04 bits per heavy atom. The number of halogens is 1. The molecule has 2 aliphatic rings. The molecular formula is C22H36ClNO. The molecule has 142 valence electrons. The zero-order valence-corrected chi connectivity index (χ0v) is 17.1. The van der Waals surface area contributed by atoms with Crippen LogP contribution in [-0.2, 0) is 10.3 Å². The molecule has 3 rings (SSSR count). The summed E-state index contributed by atoms with van der Waals surface area (Å²) >= 11 is 0. The Morgan fingerprint density at radius 2 is 1.72 bits per heavy atom. The van der Waals surface area contributed by atoms with E-state index >= 15 is 0 Å². The summed E-state index contributed by atoms with van der Waals surface area (Å²) < 4.78 is 6.72. The molecule has 2 fully saturated rings. The quantitative estimate of drug-likeness (QED) is 0.668. The van der Waals surface area contributed by atoms with Gasteiger partial charge in [-0.15, -0.1) is 12.4 Å². The third-order valence-electron chi connectivity index (χ3n) is 5.88. The molecule has 1 aliphatic heterocycles. The van der Waals surface area contributed by atoms with Crippen molar-refractivity contribution in [3.05, 3.63) is 35.9 Å². The van der Waals surface area contributed by atoms with Crippen molar-refractivity contribution in [2.24, 2.45) is 11.3 Å². The van der Waals surface area contributed by atoms with Crippen LogP contribution in [0.2, 0.25) is 0 Å². The van der Waals surface area contributed by atoms with E-state index < -0.39 is 0 Å². The van der Waals surface area contributed by atoms with Gasteiger partial charge in [-0.1, -0.05) is 57.5 Å². The number of benzene rings is 1. The minimum Gasteiger partial charge on any atom is -0.369 e. The summed E-state index contributed by atoms with van der Waals surface area (Å²) in [5.41, 5.74) is 1.62. The molecule has 2 unspecified atom stereocenters. The van der Waals surface area contributed by atoms with Gasteiger partial charge in [-0.2, -0.15) is 0 Å². The van der Waals surface area contributed by atoms with Gasteiger partial charge < -0.3 is 9.64 Å². The van der Waals surface area contributed by atoms with Gasteiger partial charge >= 0.3 is 0 Å². The molecule has 0 bridgehead atoms. The van der Waals surface area contributed by atoms with E-state index in [2.05, 4.69) is 56.0 Å². The normalized spacial score (nSPS) is 29.8. The van der Waals surface area contributed by atoms with E-state index in [0.29, 0.717) is 11.3 Å². The molecule has 1 saturated heterocycles. The predicted octanol–water partition coefficient (Wildman–Crippen LogP) is 5.65. The van der Waals surface area contributed by atoms with Crippen LogP contribution < -0.4 is 0 Å². The Morgan fingerprint density at radius 3 is 2.36 bits per heavy atom. The van der Waals surface area contributed by atoms with Gasteiger partial charge in [0.2, 0.25) is 0 Å². The van der Waals surface area contributed by atoms with Crippen LogP contribution in [0.15, 0.2) is 30.3 Å². The average molecular weight is 366 g/mol. The minimum atomic E-state index is -0.0990. The standard InChI is InChI=1S/C22H35NO.ClH/c1-19-16-21(2,3)18-22(17-19,20-10-6-4-7-11-20)24-15-14-23-12-8-5-9-13-23;/h4,6-7,10-11,19H,5,8-9,12-18H2,1-3H3;1H. The summed E-state index contributed by atoms with van der Waals surface area (Å²) in [6, 6.07) is 11.0. The molecule has 2 nitrogen and oxygen atoms in total. The molecule has 1 heterocycles. The van der Waals surface area contributed by atoms with E-state index in [0.717, 1.165) is 26.0 Å². The molecule has 1 aliphatic carbocycles. The Kier molecular flexibility index (Phi) is 7.37. The number of nitrogens with zero attached hydrogens (tertiary/aromatic N) is 1. The molecule has 1 aromatic carbocycles. The maximum absolute atomic E-state index is 6.72. The van der Waals surface area contributed by atoms with Gasteiger partial charge in [-0.3, -0.25) is 0 Å². The Balaban J connectivity index is 0.00000225. The first-order valence-electron chi connectivity index (χ1n) is 9.91. The second-order valence-corrected chi connectivity index (χ2v) is 8.97. The number of likely N-dealkylation sites (tertiary alicyclic amines) is 1. The number of hydrogen-bond donors (Lipinski definition) is 0. The van der Waals surface area contributed by atoms with Crippen LogP contribution in [-0.4, -0.2) is 31.1 Å². The van der Waals surface area contributed by atoms with E-state index in [1.54, 1.807) is 0 Å². The molecular weight excluding hydrogens is 330 g/mol. The van der Waals surface area contributed by atoms with Crippen LogP contribution >= 0.6 is 12.4 Å². The van der Waals surface area contributed by atoms with Crippen molar-refractivity contribution in [1.29, 1.82) is 0 Å². The SMILES string of the molecule is CC1CC(C)(C)CC(OCCN2CCCCC2)(c2ccccc2)C1.Cl. The van der Waals surface area contributed by atoms with E-state index in [4.69, 9.17) is 4.74 Å². The summed E-state index contributed by atoms with van der Waals surface area (Å²) in [5.74, 6) is 0.712. The lowest BCUT2D eigenvalue weighted by molar-refractivity contribution is -0.121. The zero-order chi connectivity index (χ0) is 17.0. The Hall–Kier alpha value is -0.570. The number of hydrogen-bond acceptors (Lipinski definition) is 2. The van der Waals surface area contributed by atoms with Crippen molar-refractivity contribution < 1.29 is 4.74 Å². The van der Waals surface area contributed by atoms with Gasteiger partial charge in [-0.25, -0.2) is 0 Å². The molecule has 0 radical (unpaired) electrons.